The summed E-state index contributed by atoms with van der Waals surface area (Å²) in [6.07, 6.45) is -9.08. The lowest BCUT2D eigenvalue weighted by Gasteiger charge is -2.66. The summed E-state index contributed by atoms with van der Waals surface area (Å²) in [5.74, 6) is -12.1. The van der Waals surface area contributed by atoms with E-state index in [-0.39, 0.29) is 11.3 Å². The van der Waals surface area contributed by atoms with Gasteiger partial charge in [0, 0.05) is 39.8 Å². The van der Waals surface area contributed by atoms with Gasteiger partial charge in [-0.2, -0.15) is 0 Å². The van der Waals surface area contributed by atoms with Gasteiger partial charge in [0.05, 0.1) is 23.1 Å². The molecule has 1 saturated heterocycles. The monoisotopic (exact) mass is 839 g/mol. The van der Waals surface area contributed by atoms with Gasteiger partial charge in [-0.1, -0.05) is 29.8 Å². The molecule has 0 aromatic carbocycles. The highest BCUT2D eigenvalue weighted by molar-refractivity contribution is 9.09. The minimum Gasteiger partial charge on any atom is -0.465 e. The van der Waals surface area contributed by atoms with E-state index in [1.807, 2.05) is 0 Å². The van der Waals surface area contributed by atoms with Crippen molar-refractivity contribution in [2.24, 2.45) is 17.3 Å². The van der Waals surface area contributed by atoms with Crippen LogP contribution in [0.15, 0.2) is 18.3 Å². The van der Waals surface area contributed by atoms with E-state index in [9.17, 15) is 38.7 Å². The van der Waals surface area contributed by atoms with Gasteiger partial charge in [-0.25, -0.2) is 4.79 Å². The molecular weight excluding hydrogens is 798 g/mol. The molecule has 1 spiro atoms. The highest BCUT2D eigenvalue weighted by atomic mass is 79.9. The Hall–Kier alpha value is -4.49. The van der Waals surface area contributed by atoms with E-state index >= 15 is 4.79 Å². The van der Waals surface area contributed by atoms with Gasteiger partial charge in [0.25, 0.3) is 0 Å². The van der Waals surface area contributed by atoms with Crippen molar-refractivity contribution in [1.29, 1.82) is 0 Å². The lowest BCUT2D eigenvalue weighted by molar-refractivity contribution is -0.376. The largest absolute Gasteiger partial charge is 0.465 e. The van der Waals surface area contributed by atoms with E-state index in [1.165, 1.54) is 32.2 Å². The van der Waals surface area contributed by atoms with Crippen LogP contribution in [-0.4, -0.2) is 124 Å². The number of ether oxygens (including phenoxy) is 8. The first-order valence-electron chi connectivity index (χ1n) is 17.3. The highest BCUT2D eigenvalue weighted by Crippen LogP contribution is 2.69. The number of rotatable bonds is 7. The molecule has 3 fully saturated rings. The van der Waals surface area contributed by atoms with E-state index in [1.54, 1.807) is 6.92 Å². The van der Waals surface area contributed by atoms with Crippen LogP contribution in [0.5, 0.6) is 0 Å². The Morgan fingerprint density at radius 1 is 0.909 bits per heavy atom. The number of aromatic nitrogens is 1. The fourth-order valence-electron chi connectivity index (χ4n) is 8.69. The molecule has 12 atom stereocenters. The van der Waals surface area contributed by atoms with Crippen molar-refractivity contribution in [2.45, 2.75) is 109 Å². The third-order valence-electron chi connectivity index (χ3n) is 11.0. The van der Waals surface area contributed by atoms with Crippen molar-refractivity contribution >= 4 is 63.5 Å². The summed E-state index contributed by atoms with van der Waals surface area (Å²) < 4.78 is 47.5. The van der Waals surface area contributed by atoms with Crippen molar-refractivity contribution in [3.05, 3.63) is 29.6 Å². The second kappa shape index (κ2) is 14.9. The first-order chi connectivity index (χ1) is 25.6. The molecule has 1 aromatic heterocycles. The molecule has 1 aromatic rings. The molecule has 2 saturated carbocycles. The minimum atomic E-state index is -2.83. The van der Waals surface area contributed by atoms with Gasteiger partial charge in [-0.3, -0.25) is 38.5 Å². The number of carbonyl (C=O) groups excluding carboxylic acids is 8. The van der Waals surface area contributed by atoms with Gasteiger partial charge in [0.2, 0.25) is 0 Å². The maximum absolute atomic E-state index is 15.1. The molecule has 0 amide bonds. The third kappa shape index (κ3) is 6.56. The molecule has 2 aliphatic heterocycles. The zero-order valence-corrected chi connectivity index (χ0v) is 32.9. The Morgan fingerprint density at radius 2 is 1.55 bits per heavy atom. The summed E-state index contributed by atoms with van der Waals surface area (Å²) in [5.41, 5.74) is -10.3. The first-order valence-corrected chi connectivity index (χ1v) is 18.4. The molecule has 18 nitrogen and oxygen atoms in total. The number of nitrogens with zero attached hydrogens (tertiary/aromatic N) is 1. The van der Waals surface area contributed by atoms with Crippen LogP contribution >= 0.6 is 15.9 Å². The number of cyclic esters (lactones) is 1. The normalized spacial score (nSPS) is 38.0. The van der Waals surface area contributed by atoms with Crippen molar-refractivity contribution < 1.29 is 81.4 Å². The SMILES string of the molecule is CC(=O)OCC12C(OC(C)=O)C(=O)C3C(OC(=O)CBr)C14OC3(C)COC(=O)c1cccnc1C(C)C(C)C(=O)OC(C(OC(C)=O)C2OC(C)=O)C4(C)O. The molecular formula is C36H42BrNO17. The van der Waals surface area contributed by atoms with Crippen LogP contribution in [0.4, 0.5) is 0 Å². The quantitative estimate of drug-likeness (QED) is 0.229. The summed E-state index contributed by atoms with van der Waals surface area (Å²) in [5, 5.41) is 12.8. The number of aliphatic hydroxyl groups is 1. The molecule has 2 aliphatic carbocycles. The zero-order valence-electron chi connectivity index (χ0n) is 31.3. The zero-order chi connectivity index (χ0) is 41.0. The lowest BCUT2D eigenvalue weighted by atomic mass is 9.45. The fraction of sp³-hybridized carbons (Fsp3) is 0.639. The number of ketones is 1. The maximum Gasteiger partial charge on any atom is 0.340 e. The van der Waals surface area contributed by atoms with Crippen molar-refractivity contribution in [3.8, 4) is 0 Å². The molecule has 1 N–H and O–H groups in total. The van der Waals surface area contributed by atoms with Gasteiger partial charge in [0.1, 0.15) is 41.3 Å². The van der Waals surface area contributed by atoms with Crippen LogP contribution < -0.4 is 0 Å². The standard InChI is InChI=1S/C36H42BrNO17/c1-15-16(2)31(45)54-29-26(50-18(4)40)30(52-20(6)42)35(14-48-17(3)39)28(51-19(5)41)25(44)23-27(53-22(43)12-37)36(35,34(29,8)47)55-33(23,7)13-49-32(46)21-10-9-11-38-24(15)21/h9-11,15-16,23,26-30,47H,12-14H2,1-8H3. The third-order valence-corrected chi connectivity index (χ3v) is 11.5. The average Bonchev–Trinajstić information content (AvgIpc) is 3.33. The summed E-state index contributed by atoms with van der Waals surface area (Å²) in [4.78, 5) is 113. The average molecular weight is 841 g/mol. The molecule has 12 unspecified atom stereocenters. The molecule has 4 bridgehead atoms. The number of Topliss-reactive ketones (excluding diaryl/α,β-unsaturated/α-hetero) is 1. The molecule has 5 rings (SSSR count). The molecule has 300 valence electrons. The maximum atomic E-state index is 15.1. The Bertz CT molecular complexity index is 1810. The molecule has 0 radical (unpaired) electrons. The number of halogens is 1. The van der Waals surface area contributed by atoms with E-state index in [4.69, 9.17) is 37.9 Å². The van der Waals surface area contributed by atoms with Crippen LogP contribution in [0.25, 0.3) is 0 Å². The second-order valence-corrected chi connectivity index (χ2v) is 15.1. The molecule has 4 aliphatic rings. The number of hydrogen-bond acceptors (Lipinski definition) is 18. The van der Waals surface area contributed by atoms with E-state index in [0.717, 1.165) is 34.6 Å². The van der Waals surface area contributed by atoms with Crippen LogP contribution in [0.2, 0.25) is 0 Å². The van der Waals surface area contributed by atoms with Crippen LogP contribution in [0.1, 0.15) is 77.4 Å². The van der Waals surface area contributed by atoms with Crippen molar-refractivity contribution in [3.63, 3.8) is 0 Å². The summed E-state index contributed by atoms with van der Waals surface area (Å²) in [6, 6.07) is 2.87. The lowest BCUT2D eigenvalue weighted by Crippen LogP contribution is -2.88. The van der Waals surface area contributed by atoms with Gasteiger partial charge < -0.3 is 43.0 Å². The van der Waals surface area contributed by atoms with E-state index in [0.29, 0.717) is 0 Å². The van der Waals surface area contributed by atoms with E-state index < -0.39 is 137 Å². The molecule has 55 heavy (non-hydrogen) atoms. The van der Waals surface area contributed by atoms with E-state index in [2.05, 4.69) is 20.9 Å². The Morgan fingerprint density at radius 3 is 2.13 bits per heavy atom. The molecule has 19 heteroatoms. The van der Waals surface area contributed by atoms with Gasteiger partial charge in [0.15, 0.2) is 35.8 Å². The van der Waals surface area contributed by atoms with Crippen LogP contribution in [0, 0.1) is 17.3 Å². The minimum absolute atomic E-state index is 0.0510. The first kappa shape index (κ1) is 41.7. The topological polar surface area (TPSA) is 244 Å². The Kier molecular flexibility index (Phi) is 11.3. The van der Waals surface area contributed by atoms with Crippen LogP contribution in [0.3, 0.4) is 0 Å². The number of pyridine rings is 1. The van der Waals surface area contributed by atoms with Gasteiger partial charge in [-0.05, 0) is 26.0 Å². The van der Waals surface area contributed by atoms with Crippen LogP contribution in [-0.2, 0) is 71.5 Å². The Balaban J connectivity index is 1.98. The Labute approximate surface area is 323 Å². The highest BCUT2D eigenvalue weighted by Gasteiger charge is 2.91. The van der Waals surface area contributed by atoms with Gasteiger partial charge >= 0.3 is 41.8 Å². The number of fused-ring (bicyclic) bond motifs is 5. The smallest absolute Gasteiger partial charge is 0.340 e. The number of alkyl halides is 1. The number of esters is 7. The van der Waals surface area contributed by atoms with Gasteiger partial charge in [-0.15, -0.1) is 0 Å². The summed E-state index contributed by atoms with van der Waals surface area (Å²) in [6.45, 7) is 7.37. The number of carbonyl (C=O) groups is 8. The predicted molar refractivity (Wildman–Crippen MR) is 183 cm³/mol. The van der Waals surface area contributed by atoms with Crippen molar-refractivity contribution in [2.75, 3.05) is 18.5 Å². The second-order valence-electron chi connectivity index (χ2n) is 14.6. The van der Waals surface area contributed by atoms with Crippen molar-refractivity contribution in [1.82, 2.24) is 4.98 Å². The summed E-state index contributed by atoms with van der Waals surface area (Å²) >= 11 is 3.02. The molecule has 3 heterocycles. The predicted octanol–water partition coefficient (Wildman–Crippen LogP) is 1.05. The summed E-state index contributed by atoms with van der Waals surface area (Å²) in [7, 11) is 0. The fourth-order valence-corrected chi connectivity index (χ4v) is 8.82. The number of hydrogen-bond donors (Lipinski definition) is 1.